The van der Waals surface area contributed by atoms with Crippen LogP contribution in [0.25, 0.3) is 0 Å². The first kappa shape index (κ1) is 14.4. The molecular weight excluding hydrogens is 242 g/mol. The fourth-order valence-electron chi connectivity index (χ4n) is 1.60. The van der Waals surface area contributed by atoms with Crippen LogP contribution in [0.3, 0.4) is 0 Å². The van der Waals surface area contributed by atoms with E-state index in [0.29, 0.717) is 25.4 Å². The Kier molecular flexibility index (Phi) is 5.35. The molecule has 1 unspecified atom stereocenters. The van der Waals surface area contributed by atoms with Crippen molar-refractivity contribution in [2.75, 3.05) is 32.4 Å². The monoisotopic (exact) mass is 263 g/mol. The van der Waals surface area contributed by atoms with Crippen molar-refractivity contribution in [2.45, 2.75) is 13.3 Å². The third-order valence-corrected chi connectivity index (χ3v) is 3.68. The summed E-state index contributed by atoms with van der Waals surface area (Å²) in [6.45, 7) is 4.61. The number of sulfonamides is 1. The Morgan fingerprint density at radius 1 is 1.41 bits per heavy atom. The van der Waals surface area contributed by atoms with Gasteiger partial charge in [-0.05, 0) is 25.4 Å². The number of amides is 1. The maximum absolute atomic E-state index is 11.7. The van der Waals surface area contributed by atoms with Crippen molar-refractivity contribution in [3.8, 4) is 0 Å². The predicted octanol–water partition coefficient (Wildman–Crippen LogP) is -1.10. The highest BCUT2D eigenvalue weighted by Gasteiger charge is 2.28. The summed E-state index contributed by atoms with van der Waals surface area (Å²) < 4.78 is 23.9. The van der Waals surface area contributed by atoms with E-state index in [2.05, 4.69) is 15.4 Å². The largest absolute Gasteiger partial charge is 0.356 e. The molecule has 17 heavy (non-hydrogen) atoms. The van der Waals surface area contributed by atoms with Crippen molar-refractivity contribution >= 4 is 15.9 Å². The first-order valence-corrected chi connectivity index (χ1v) is 7.72. The molecule has 0 aromatic rings. The van der Waals surface area contributed by atoms with Crippen LogP contribution in [-0.2, 0) is 14.8 Å². The fourth-order valence-corrected chi connectivity index (χ4v) is 2.11. The van der Waals surface area contributed by atoms with Crippen LogP contribution >= 0.6 is 0 Å². The van der Waals surface area contributed by atoms with Gasteiger partial charge in [0.15, 0.2) is 0 Å². The maximum Gasteiger partial charge on any atom is 0.223 e. The van der Waals surface area contributed by atoms with Crippen LogP contribution in [0.1, 0.15) is 13.3 Å². The highest BCUT2D eigenvalue weighted by atomic mass is 32.2. The minimum absolute atomic E-state index is 0.0270. The normalized spacial score (nSPS) is 18.5. The van der Waals surface area contributed by atoms with Crippen LogP contribution in [0.4, 0.5) is 0 Å². The Labute approximate surface area is 103 Å². The summed E-state index contributed by atoms with van der Waals surface area (Å²) >= 11 is 0. The van der Waals surface area contributed by atoms with Gasteiger partial charge in [-0.15, -0.1) is 0 Å². The zero-order valence-electron chi connectivity index (χ0n) is 10.3. The highest BCUT2D eigenvalue weighted by molar-refractivity contribution is 7.88. The molecule has 0 saturated carbocycles. The molecule has 0 aromatic carbocycles. The molecule has 7 heteroatoms. The van der Waals surface area contributed by atoms with Gasteiger partial charge in [-0.25, -0.2) is 13.1 Å². The molecule has 0 aliphatic carbocycles. The molecule has 0 spiro atoms. The summed E-state index contributed by atoms with van der Waals surface area (Å²) in [5.74, 6) is 0.513. The molecule has 1 aliphatic heterocycles. The second kappa shape index (κ2) is 6.32. The van der Waals surface area contributed by atoms with E-state index in [1.165, 1.54) is 0 Å². The van der Waals surface area contributed by atoms with Gasteiger partial charge in [-0.3, -0.25) is 4.79 Å². The van der Waals surface area contributed by atoms with Crippen LogP contribution in [0.15, 0.2) is 0 Å². The molecule has 3 N–H and O–H groups in total. The molecular formula is C10H21N3O3S. The molecule has 1 fully saturated rings. The summed E-state index contributed by atoms with van der Waals surface area (Å²) in [7, 11) is -3.12. The molecule has 1 amide bonds. The molecule has 1 heterocycles. The van der Waals surface area contributed by atoms with Crippen molar-refractivity contribution in [2.24, 2.45) is 11.8 Å². The number of rotatable bonds is 7. The maximum atomic E-state index is 11.7. The van der Waals surface area contributed by atoms with Gasteiger partial charge in [0.25, 0.3) is 0 Å². The Morgan fingerprint density at radius 2 is 2.06 bits per heavy atom. The molecule has 1 aliphatic rings. The Morgan fingerprint density at radius 3 is 2.53 bits per heavy atom. The van der Waals surface area contributed by atoms with E-state index in [-0.39, 0.29) is 11.8 Å². The third kappa shape index (κ3) is 5.47. The lowest BCUT2D eigenvalue weighted by atomic mass is 9.88. The van der Waals surface area contributed by atoms with Gasteiger partial charge in [0.05, 0.1) is 6.26 Å². The van der Waals surface area contributed by atoms with Gasteiger partial charge in [-0.2, -0.15) is 0 Å². The second-order valence-corrected chi connectivity index (χ2v) is 6.35. The second-order valence-electron chi connectivity index (χ2n) is 4.52. The third-order valence-electron chi connectivity index (χ3n) is 2.95. The van der Waals surface area contributed by atoms with E-state index in [1.54, 1.807) is 0 Å². The SMILES string of the molecule is CC(C(=O)NCCCNS(C)(=O)=O)C1CNC1. The predicted molar refractivity (Wildman–Crippen MR) is 66.0 cm³/mol. The molecule has 1 atom stereocenters. The summed E-state index contributed by atoms with van der Waals surface area (Å²) in [4.78, 5) is 11.7. The van der Waals surface area contributed by atoms with Gasteiger partial charge in [-0.1, -0.05) is 6.92 Å². The molecule has 0 radical (unpaired) electrons. The van der Waals surface area contributed by atoms with E-state index in [1.807, 2.05) is 6.92 Å². The summed E-state index contributed by atoms with van der Waals surface area (Å²) in [5, 5.41) is 5.95. The fraction of sp³-hybridized carbons (Fsp3) is 0.900. The average Bonchev–Trinajstić information content (AvgIpc) is 2.12. The summed E-state index contributed by atoms with van der Waals surface area (Å²) in [6.07, 6.45) is 1.73. The standard InChI is InChI=1S/C10H21N3O3S/c1-8(9-6-11-7-9)10(14)12-4-3-5-13-17(2,15)16/h8-9,11,13H,3-7H2,1-2H3,(H,12,14). The molecule has 1 saturated heterocycles. The van der Waals surface area contributed by atoms with Crippen molar-refractivity contribution < 1.29 is 13.2 Å². The minimum Gasteiger partial charge on any atom is -0.356 e. The lowest BCUT2D eigenvalue weighted by Crippen LogP contribution is -2.49. The smallest absolute Gasteiger partial charge is 0.223 e. The van der Waals surface area contributed by atoms with Gasteiger partial charge in [0.2, 0.25) is 15.9 Å². The summed E-state index contributed by atoms with van der Waals surface area (Å²) in [5.41, 5.74) is 0. The molecule has 100 valence electrons. The van der Waals surface area contributed by atoms with Gasteiger partial charge in [0.1, 0.15) is 0 Å². The zero-order valence-corrected chi connectivity index (χ0v) is 11.1. The Bertz CT molecular complexity index is 352. The topological polar surface area (TPSA) is 87.3 Å². The molecule has 0 aromatic heterocycles. The first-order chi connectivity index (χ1) is 7.90. The average molecular weight is 263 g/mol. The Hall–Kier alpha value is -0.660. The number of nitrogens with one attached hydrogen (secondary N) is 3. The van der Waals surface area contributed by atoms with Crippen molar-refractivity contribution in [3.63, 3.8) is 0 Å². The molecule has 0 bridgehead atoms. The van der Waals surface area contributed by atoms with Crippen molar-refractivity contribution in [3.05, 3.63) is 0 Å². The van der Waals surface area contributed by atoms with E-state index in [4.69, 9.17) is 0 Å². The van der Waals surface area contributed by atoms with E-state index >= 15 is 0 Å². The van der Waals surface area contributed by atoms with Crippen LogP contribution < -0.4 is 15.4 Å². The summed E-state index contributed by atoms with van der Waals surface area (Å²) in [6, 6.07) is 0. The van der Waals surface area contributed by atoms with E-state index < -0.39 is 10.0 Å². The number of carbonyl (C=O) groups is 1. The van der Waals surface area contributed by atoms with Crippen LogP contribution in [-0.4, -0.2) is 46.8 Å². The lowest BCUT2D eigenvalue weighted by Gasteiger charge is -2.31. The Balaban J connectivity index is 2.07. The lowest BCUT2D eigenvalue weighted by molar-refractivity contribution is -0.126. The van der Waals surface area contributed by atoms with Gasteiger partial charge >= 0.3 is 0 Å². The zero-order chi connectivity index (χ0) is 12.9. The minimum atomic E-state index is -3.12. The van der Waals surface area contributed by atoms with Crippen LogP contribution in [0, 0.1) is 11.8 Å². The number of hydrogen-bond donors (Lipinski definition) is 3. The van der Waals surface area contributed by atoms with Crippen molar-refractivity contribution in [1.82, 2.24) is 15.4 Å². The number of carbonyl (C=O) groups excluding carboxylic acids is 1. The van der Waals surface area contributed by atoms with Gasteiger partial charge < -0.3 is 10.6 Å². The highest BCUT2D eigenvalue weighted by Crippen LogP contribution is 2.15. The number of hydrogen-bond acceptors (Lipinski definition) is 4. The van der Waals surface area contributed by atoms with E-state index in [0.717, 1.165) is 19.3 Å². The molecule has 6 nitrogen and oxygen atoms in total. The van der Waals surface area contributed by atoms with Gasteiger partial charge in [0, 0.05) is 19.0 Å². The van der Waals surface area contributed by atoms with E-state index in [9.17, 15) is 13.2 Å². The van der Waals surface area contributed by atoms with Crippen LogP contribution in [0.5, 0.6) is 0 Å². The molecule has 1 rings (SSSR count). The quantitative estimate of drug-likeness (QED) is 0.509. The first-order valence-electron chi connectivity index (χ1n) is 5.83. The van der Waals surface area contributed by atoms with Crippen LogP contribution in [0.2, 0.25) is 0 Å². The van der Waals surface area contributed by atoms with Crippen molar-refractivity contribution in [1.29, 1.82) is 0 Å².